The molecule has 1 fully saturated rings. The van der Waals surface area contributed by atoms with E-state index < -0.39 is 0 Å². The molecule has 2 atom stereocenters. The summed E-state index contributed by atoms with van der Waals surface area (Å²) in [6.07, 6.45) is 2.39. The SMILES string of the molecule is CC(C)(C)c1ccc([C@@H]2C[C@H]2C(=O)N/N=C\c2ccc(Cl)cc2Cl)cc1. The number of carbonyl (C=O) groups is 1. The average Bonchev–Trinajstić information content (AvgIpc) is 3.37. The zero-order valence-electron chi connectivity index (χ0n) is 15.1. The van der Waals surface area contributed by atoms with Gasteiger partial charge in [-0.15, -0.1) is 0 Å². The number of hydrogen-bond donors (Lipinski definition) is 1. The van der Waals surface area contributed by atoms with Crippen molar-refractivity contribution in [1.29, 1.82) is 0 Å². The maximum absolute atomic E-state index is 12.3. The van der Waals surface area contributed by atoms with Crippen molar-refractivity contribution in [2.24, 2.45) is 11.0 Å². The Hall–Kier alpha value is -1.84. The van der Waals surface area contributed by atoms with Crippen LogP contribution >= 0.6 is 23.2 Å². The molecule has 0 radical (unpaired) electrons. The van der Waals surface area contributed by atoms with Crippen molar-refractivity contribution < 1.29 is 4.79 Å². The highest BCUT2D eigenvalue weighted by Gasteiger charge is 2.43. The number of amides is 1. The lowest BCUT2D eigenvalue weighted by molar-refractivity contribution is -0.122. The molecule has 0 bridgehead atoms. The third-order valence-corrected chi connectivity index (χ3v) is 5.24. The van der Waals surface area contributed by atoms with E-state index in [1.807, 2.05) is 0 Å². The highest BCUT2D eigenvalue weighted by molar-refractivity contribution is 6.36. The van der Waals surface area contributed by atoms with Crippen molar-refractivity contribution >= 4 is 35.3 Å². The van der Waals surface area contributed by atoms with Crippen molar-refractivity contribution in [1.82, 2.24) is 5.43 Å². The number of hydrogen-bond acceptors (Lipinski definition) is 2. The van der Waals surface area contributed by atoms with Crippen molar-refractivity contribution in [2.75, 3.05) is 0 Å². The van der Waals surface area contributed by atoms with E-state index in [0.29, 0.717) is 15.6 Å². The molecule has 0 aliphatic heterocycles. The number of benzene rings is 2. The maximum Gasteiger partial charge on any atom is 0.243 e. The summed E-state index contributed by atoms with van der Waals surface area (Å²) in [5.41, 5.74) is 5.96. The average molecular weight is 389 g/mol. The Kier molecular flexibility index (Phi) is 5.40. The fourth-order valence-corrected chi connectivity index (χ4v) is 3.40. The fraction of sp³-hybridized carbons (Fsp3) is 0.333. The van der Waals surface area contributed by atoms with Gasteiger partial charge in [-0.2, -0.15) is 5.10 Å². The number of nitrogens with zero attached hydrogens (tertiary/aromatic N) is 1. The fourth-order valence-electron chi connectivity index (χ4n) is 2.94. The van der Waals surface area contributed by atoms with E-state index in [0.717, 1.165) is 6.42 Å². The van der Waals surface area contributed by atoms with Gasteiger partial charge in [-0.25, -0.2) is 5.43 Å². The van der Waals surface area contributed by atoms with Crippen LogP contribution in [0.3, 0.4) is 0 Å². The molecule has 2 aromatic carbocycles. The van der Waals surface area contributed by atoms with Gasteiger partial charge in [0.05, 0.1) is 11.2 Å². The molecule has 0 spiro atoms. The summed E-state index contributed by atoms with van der Waals surface area (Å²) >= 11 is 11.9. The minimum atomic E-state index is -0.0590. The molecule has 0 heterocycles. The lowest BCUT2D eigenvalue weighted by Crippen LogP contribution is -2.20. The lowest BCUT2D eigenvalue weighted by Gasteiger charge is -2.19. The second-order valence-electron chi connectivity index (χ2n) is 7.72. The summed E-state index contributed by atoms with van der Waals surface area (Å²) in [6, 6.07) is 13.7. The summed E-state index contributed by atoms with van der Waals surface area (Å²) in [4.78, 5) is 12.3. The highest BCUT2D eigenvalue weighted by atomic mass is 35.5. The van der Waals surface area contributed by atoms with Crippen LogP contribution in [0.1, 0.15) is 49.8 Å². The largest absolute Gasteiger partial charge is 0.273 e. The second-order valence-corrected chi connectivity index (χ2v) is 8.56. The first-order valence-corrected chi connectivity index (χ1v) is 9.40. The van der Waals surface area contributed by atoms with E-state index in [1.165, 1.54) is 17.3 Å². The summed E-state index contributed by atoms with van der Waals surface area (Å²) < 4.78 is 0. The number of hydrazone groups is 1. The summed E-state index contributed by atoms with van der Waals surface area (Å²) in [5, 5.41) is 5.08. The number of nitrogens with one attached hydrogen (secondary N) is 1. The Bertz CT molecular complexity index is 838. The van der Waals surface area contributed by atoms with Gasteiger partial charge >= 0.3 is 0 Å². The first-order chi connectivity index (χ1) is 12.3. The molecule has 136 valence electrons. The topological polar surface area (TPSA) is 41.5 Å². The molecule has 1 N–H and O–H groups in total. The standard InChI is InChI=1S/C21H22Cl2N2O/c1-21(2,3)15-7-4-13(5-8-15)17-11-18(17)20(26)25-24-12-14-6-9-16(22)10-19(14)23/h4-10,12,17-18H,11H2,1-3H3,(H,25,26)/b24-12-/t17-,18+/m0/s1. The van der Waals surface area contributed by atoms with Gasteiger partial charge in [0, 0.05) is 16.5 Å². The van der Waals surface area contributed by atoms with Gasteiger partial charge < -0.3 is 0 Å². The van der Waals surface area contributed by atoms with Crippen LogP contribution in [0.2, 0.25) is 10.0 Å². The second kappa shape index (κ2) is 7.42. The van der Waals surface area contributed by atoms with Gasteiger partial charge in [0.2, 0.25) is 5.91 Å². The van der Waals surface area contributed by atoms with Crippen molar-refractivity contribution in [3.05, 3.63) is 69.2 Å². The summed E-state index contributed by atoms with van der Waals surface area (Å²) in [6.45, 7) is 6.58. The van der Waals surface area contributed by atoms with Crippen LogP contribution in [-0.4, -0.2) is 12.1 Å². The quantitative estimate of drug-likeness (QED) is 0.541. The van der Waals surface area contributed by atoms with Gasteiger partial charge in [-0.05, 0) is 41.0 Å². The smallest absolute Gasteiger partial charge is 0.243 e. The third kappa shape index (κ3) is 4.46. The van der Waals surface area contributed by atoms with Gasteiger partial charge in [0.1, 0.15) is 0 Å². The van der Waals surface area contributed by atoms with Crippen molar-refractivity contribution in [2.45, 2.75) is 38.5 Å². The van der Waals surface area contributed by atoms with Crippen LogP contribution < -0.4 is 5.43 Å². The molecule has 2 aromatic rings. The predicted octanol–water partition coefficient (Wildman–Crippen LogP) is 5.54. The molecule has 5 heteroatoms. The molecule has 1 amide bonds. The van der Waals surface area contributed by atoms with Crippen LogP contribution in [-0.2, 0) is 10.2 Å². The number of rotatable bonds is 4. The van der Waals surface area contributed by atoms with E-state index in [9.17, 15) is 4.79 Å². The molecule has 1 saturated carbocycles. The normalized spacial score (nSPS) is 19.6. The number of halogens is 2. The van der Waals surface area contributed by atoms with E-state index in [2.05, 4.69) is 55.6 Å². The van der Waals surface area contributed by atoms with Gasteiger partial charge in [-0.3, -0.25) is 4.79 Å². The van der Waals surface area contributed by atoms with Crippen molar-refractivity contribution in [3.63, 3.8) is 0 Å². The van der Waals surface area contributed by atoms with Crippen LogP contribution in [0.5, 0.6) is 0 Å². The van der Waals surface area contributed by atoms with E-state index in [-0.39, 0.29) is 23.2 Å². The van der Waals surface area contributed by atoms with Gasteiger partial charge in [-0.1, -0.05) is 74.3 Å². The Morgan fingerprint density at radius 3 is 2.46 bits per heavy atom. The van der Waals surface area contributed by atoms with E-state index in [1.54, 1.807) is 18.2 Å². The zero-order valence-corrected chi connectivity index (χ0v) is 16.6. The Balaban J connectivity index is 1.56. The monoisotopic (exact) mass is 388 g/mol. The molecule has 0 unspecified atom stereocenters. The Morgan fingerprint density at radius 2 is 1.85 bits per heavy atom. The zero-order chi connectivity index (χ0) is 18.9. The Morgan fingerprint density at radius 1 is 1.15 bits per heavy atom. The Labute approximate surface area is 164 Å². The molecule has 0 aromatic heterocycles. The minimum absolute atomic E-state index is 0.0201. The predicted molar refractivity (Wildman–Crippen MR) is 108 cm³/mol. The lowest BCUT2D eigenvalue weighted by atomic mass is 9.86. The van der Waals surface area contributed by atoms with Crippen LogP contribution in [0.15, 0.2) is 47.6 Å². The van der Waals surface area contributed by atoms with E-state index in [4.69, 9.17) is 23.2 Å². The first-order valence-electron chi connectivity index (χ1n) is 8.64. The third-order valence-electron chi connectivity index (χ3n) is 4.67. The molecule has 1 aliphatic carbocycles. The molecule has 0 saturated heterocycles. The highest BCUT2D eigenvalue weighted by Crippen LogP contribution is 2.47. The minimum Gasteiger partial charge on any atom is -0.273 e. The molecular weight excluding hydrogens is 367 g/mol. The summed E-state index contributed by atoms with van der Waals surface area (Å²) in [7, 11) is 0. The first kappa shape index (κ1) is 18.9. The maximum atomic E-state index is 12.3. The van der Waals surface area contributed by atoms with Crippen LogP contribution in [0, 0.1) is 5.92 Å². The molecule has 3 rings (SSSR count). The van der Waals surface area contributed by atoms with Crippen molar-refractivity contribution in [3.8, 4) is 0 Å². The van der Waals surface area contributed by atoms with Crippen LogP contribution in [0.25, 0.3) is 0 Å². The van der Waals surface area contributed by atoms with Gasteiger partial charge in [0.25, 0.3) is 0 Å². The van der Waals surface area contributed by atoms with Gasteiger partial charge in [0.15, 0.2) is 0 Å². The van der Waals surface area contributed by atoms with Crippen LogP contribution in [0.4, 0.5) is 0 Å². The number of carbonyl (C=O) groups excluding carboxylic acids is 1. The molecule has 3 nitrogen and oxygen atoms in total. The molecule has 1 aliphatic rings. The molecule has 26 heavy (non-hydrogen) atoms. The van der Waals surface area contributed by atoms with E-state index >= 15 is 0 Å². The summed E-state index contributed by atoms with van der Waals surface area (Å²) in [5.74, 6) is 0.197. The molecular formula is C21H22Cl2N2O.